The molecule has 2 N–H and O–H groups in total. The third-order valence-electron chi connectivity index (χ3n) is 3.98. The van der Waals surface area contributed by atoms with Crippen LogP contribution < -0.4 is 5.32 Å². The molecule has 0 saturated heterocycles. The van der Waals surface area contributed by atoms with E-state index in [2.05, 4.69) is 10.3 Å². The van der Waals surface area contributed by atoms with Crippen LogP contribution >= 0.6 is 22.7 Å². The van der Waals surface area contributed by atoms with Gasteiger partial charge < -0.3 is 5.11 Å². The van der Waals surface area contributed by atoms with E-state index in [0.29, 0.717) is 10.5 Å². The number of aryl methyl sites for hydroxylation is 1. The summed E-state index contributed by atoms with van der Waals surface area (Å²) in [5, 5.41) is 15.9. The van der Waals surface area contributed by atoms with Crippen LogP contribution in [0.3, 0.4) is 0 Å². The van der Waals surface area contributed by atoms with Crippen LogP contribution in [0.1, 0.15) is 10.6 Å². The van der Waals surface area contributed by atoms with Gasteiger partial charge in [-0.25, -0.2) is 13.4 Å². The van der Waals surface area contributed by atoms with Gasteiger partial charge in [-0.15, -0.1) is 22.7 Å². The van der Waals surface area contributed by atoms with E-state index < -0.39 is 15.9 Å². The van der Waals surface area contributed by atoms with Crippen LogP contribution in [0.4, 0.5) is 5.13 Å². The minimum absolute atomic E-state index is 0.0275. The summed E-state index contributed by atoms with van der Waals surface area (Å²) in [7, 11) is -2.72. The summed E-state index contributed by atoms with van der Waals surface area (Å²) in [5.41, 5.74) is 0.414. The van der Waals surface area contributed by atoms with Gasteiger partial charge in [-0.3, -0.25) is 14.4 Å². The summed E-state index contributed by atoms with van der Waals surface area (Å²) >= 11 is 2.36. The SMILES string of the molecule is Cc1csc(NC(=O)C2=C(O)c3sc4ccccc4c3S(=O)(=O)N2C)n1. The highest BCUT2D eigenvalue weighted by Gasteiger charge is 2.40. The van der Waals surface area contributed by atoms with E-state index in [1.165, 1.54) is 18.4 Å². The molecule has 26 heavy (non-hydrogen) atoms. The Hall–Kier alpha value is -2.43. The molecule has 1 aromatic carbocycles. The highest BCUT2D eigenvalue weighted by atomic mass is 32.2. The molecule has 1 aliphatic rings. The normalized spacial score (nSPS) is 16.0. The van der Waals surface area contributed by atoms with Crippen LogP contribution in [-0.2, 0) is 14.8 Å². The number of amides is 1. The Morgan fingerprint density at radius 3 is 2.73 bits per heavy atom. The van der Waals surface area contributed by atoms with Crippen molar-refractivity contribution >= 4 is 59.6 Å². The number of nitrogens with zero attached hydrogens (tertiary/aromatic N) is 2. The molecule has 0 bridgehead atoms. The molecule has 10 heteroatoms. The first-order chi connectivity index (χ1) is 12.3. The number of nitrogens with one attached hydrogen (secondary N) is 1. The summed E-state index contributed by atoms with van der Waals surface area (Å²) in [5.74, 6) is -1.09. The maximum absolute atomic E-state index is 13.0. The van der Waals surface area contributed by atoms with Crippen molar-refractivity contribution in [3.8, 4) is 0 Å². The minimum atomic E-state index is -3.97. The highest BCUT2D eigenvalue weighted by molar-refractivity contribution is 7.89. The Bertz CT molecular complexity index is 1190. The number of sulfonamides is 1. The van der Waals surface area contributed by atoms with Gasteiger partial charge in [0, 0.05) is 22.5 Å². The van der Waals surface area contributed by atoms with Gasteiger partial charge in [-0.1, -0.05) is 18.2 Å². The zero-order valence-electron chi connectivity index (χ0n) is 13.7. The van der Waals surface area contributed by atoms with E-state index in [1.807, 2.05) is 0 Å². The van der Waals surface area contributed by atoms with Crippen LogP contribution in [0.5, 0.6) is 0 Å². The largest absolute Gasteiger partial charge is 0.504 e. The van der Waals surface area contributed by atoms with Crippen molar-refractivity contribution in [2.75, 3.05) is 12.4 Å². The number of hydrogen-bond acceptors (Lipinski definition) is 7. The highest BCUT2D eigenvalue weighted by Crippen LogP contribution is 2.44. The lowest BCUT2D eigenvalue weighted by molar-refractivity contribution is -0.113. The number of aliphatic hydroxyl groups is 1. The number of anilines is 1. The number of carbonyl (C=O) groups is 1. The first-order valence-electron chi connectivity index (χ1n) is 7.48. The molecule has 7 nitrogen and oxygen atoms in total. The van der Waals surface area contributed by atoms with Gasteiger partial charge in [0.15, 0.2) is 16.6 Å². The van der Waals surface area contributed by atoms with Crippen molar-refractivity contribution < 1.29 is 18.3 Å². The fourth-order valence-corrected chi connectivity index (χ4v) is 6.47. The van der Waals surface area contributed by atoms with E-state index >= 15 is 0 Å². The molecular weight excluding hydrogens is 394 g/mol. The van der Waals surface area contributed by atoms with Gasteiger partial charge in [0.25, 0.3) is 15.9 Å². The second kappa shape index (κ2) is 5.79. The third kappa shape index (κ3) is 2.41. The number of likely N-dealkylation sites (N-methyl/N-ethyl adjacent to an activating group) is 1. The maximum atomic E-state index is 13.0. The van der Waals surface area contributed by atoms with Gasteiger partial charge >= 0.3 is 0 Å². The Balaban J connectivity index is 1.89. The fraction of sp³-hybridized carbons (Fsp3) is 0.125. The Labute approximate surface area is 157 Å². The first-order valence-corrected chi connectivity index (χ1v) is 10.6. The topological polar surface area (TPSA) is 99.6 Å². The number of thiophene rings is 1. The summed E-state index contributed by atoms with van der Waals surface area (Å²) in [6.07, 6.45) is 0. The van der Waals surface area contributed by atoms with Crippen LogP contribution in [0.15, 0.2) is 40.2 Å². The molecular formula is C16H13N3O4S3. The Morgan fingerprint density at radius 1 is 1.31 bits per heavy atom. The average molecular weight is 407 g/mol. The molecule has 0 atom stereocenters. The molecule has 1 amide bonds. The minimum Gasteiger partial charge on any atom is -0.504 e. The molecule has 0 fully saturated rings. The van der Waals surface area contributed by atoms with Gasteiger partial charge in [-0.2, -0.15) is 0 Å². The Kier molecular flexibility index (Phi) is 3.79. The quantitative estimate of drug-likeness (QED) is 0.680. The second-order valence-corrected chi connectivity index (χ2v) is 9.49. The van der Waals surface area contributed by atoms with Gasteiger partial charge in [-0.05, 0) is 13.0 Å². The zero-order valence-corrected chi connectivity index (χ0v) is 16.1. The van der Waals surface area contributed by atoms with Crippen LogP contribution in [0, 0.1) is 6.92 Å². The molecule has 0 saturated carbocycles. The van der Waals surface area contributed by atoms with Crippen LogP contribution in [-0.4, -0.2) is 35.8 Å². The predicted octanol–water partition coefficient (Wildman–Crippen LogP) is 3.17. The fourth-order valence-electron chi connectivity index (χ4n) is 2.77. The first kappa shape index (κ1) is 17.0. The third-order valence-corrected chi connectivity index (χ3v) is 8.00. The number of aromatic nitrogens is 1. The number of fused-ring (bicyclic) bond motifs is 3. The van der Waals surface area contributed by atoms with E-state index in [0.717, 1.165) is 26.0 Å². The molecule has 1 aliphatic heterocycles. The zero-order chi connectivity index (χ0) is 18.6. The van der Waals surface area contributed by atoms with Gasteiger partial charge in [0.2, 0.25) is 0 Å². The monoisotopic (exact) mass is 407 g/mol. The standard InChI is InChI=1S/C16H13N3O4S3/c1-8-7-24-16(17-8)18-15(21)11-12(20)13-14(26(22,23)19(11)2)9-5-3-4-6-10(9)25-13/h3-7,20H,1-2H3,(H,17,18,21). The van der Waals surface area contributed by atoms with Crippen molar-refractivity contribution in [3.63, 3.8) is 0 Å². The van der Waals surface area contributed by atoms with Crippen molar-refractivity contribution in [1.82, 2.24) is 9.29 Å². The number of hydrogen-bond donors (Lipinski definition) is 2. The van der Waals surface area contributed by atoms with Crippen LogP contribution in [0.2, 0.25) is 0 Å². The Morgan fingerprint density at radius 2 is 2.04 bits per heavy atom. The van der Waals surface area contributed by atoms with Gasteiger partial charge in [0.05, 0.1) is 10.6 Å². The summed E-state index contributed by atoms with van der Waals surface area (Å²) in [6, 6.07) is 6.99. The average Bonchev–Trinajstić information content (AvgIpc) is 3.17. The summed E-state index contributed by atoms with van der Waals surface area (Å²) in [6.45, 7) is 1.78. The molecule has 3 heterocycles. The number of thiazole rings is 1. The smallest absolute Gasteiger partial charge is 0.278 e. The lowest BCUT2D eigenvalue weighted by atomic mass is 10.2. The number of rotatable bonds is 2. The molecule has 0 spiro atoms. The number of benzene rings is 1. The molecule has 4 rings (SSSR count). The van der Waals surface area contributed by atoms with Crippen LogP contribution in [0.25, 0.3) is 15.8 Å². The lowest BCUT2D eigenvalue weighted by Crippen LogP contribution is -2.36. The van der Waals surface area contributed by atoms with Crippen molar-refractivity contribution in [2.24, 2.45) is 0 Å². The molecule has 0 unspecified atom stereocenters. The van der Waals surface area contributed by atoms with Crippen molar-refractivity contribution in [3.05, 3.63) is 45.9 Å². The molecule has 3 aromatic rings. The maximum Gasteiger partial charge on any atom is 0.278 e. The summed E-state index contributed by atoms with van der Waals surface area (Å²) in [4.78, 5) is 17.0. The van der Waals surface area contributed by atoms with Crippen molar-refractivity contribution in [2.45, 2.75) is 11.8 Å². The number of carbonyl (C=O) groups excluding carboxylic acids is 1. The molecule has 134 valence electrons. The van der Waals surface area contributed by atoms with E-state index in [-0.39, 0.29) is 21.2 Å². The van der Waals surface area contributed by atoms with Gasteiger partial charge in [0.1, 0.15) is 4.90 Å². The lowest BCUT2D eigenvalue weighted by Gasteiger charge is -2.26. The van der Waals surface area contributed by atoms with E-state index in [9.17, 15) is 18.3 Å². The molecule has 0 aliphatic carbocycles. The number of aliphatic hydroxyl groups excluding tert-OH is 1. The predicted molar refractivity (Wildman–Crippen MR) is 102 cm³/mol. The molecule has 2 aromatic heterocycles. The van der Waals surface area contributed by atoms with E-state index in [1.54, 1.807) is 36.6 Å². The second-order valence-electron chi connectivity index (χ2n) is 5.67. The molecule has 0 radical (unpaired) electrons. The van der Waals surface area contributed by atoms with E-state index in [4.69, 9.17) is 0 Å². The van der Waals surface area contributed by atoms with Crippen molar-refractivity contribution in [1.29, 1.82) is 0 Å². The summed E-state index contributed by atoms with van der Waals surface area (Å²) < 4.78 is 27.5.